The average molecular weight is 281 g/mol. The number of pyridine rings is 1. The number of hydrogen-bond acceptors (Lipinski definition) is 5. The fourth-order valence-electron chi connectivity index (χ4n) is 1.97. The molecular formula is C14H11N5S. The molecule has 0 bridgehead atoms. The van der Waals surface area contributed by atoms with Crippen LogP contribution in [0, 0.1) is 0 Å². The van der Waals surface area contributed by atoms with Crippen molar-refractivity contribution in [1.29, 1.82) is 0 Å². The highest BCUT2D eigenvalue weighted by atomic mass is 32.1. The minimum absolute atomic E-state index is 0.278. The van der Waals surface area contributed by atoms with Gasteiger partial charge in [0.1, 0.15) is 4.99 Å². The fraction of sp³-hybridized carbons (Fsp3) is 0. The lowest BCUT2D eigenvalue weighted by molar-refractivity contribution is 1.03. The maximum atomic E-state index is 5.69. The van der Waals surface area contributed by atoms with Crippen molar-refractivity contribution in [2.75, 3.05) is 5.32 Å². The fourth-order valence-corrected chi connectivity index (χ4v) is 2.14. The normalized spacial score (nSPS) is 10.4. The van der Waals surface area contributed by atoms with Crippen LogP contribution in [0.2, 0.25) is 0 Å². The van der Waals surface area contributed by atoms with Crippen LogP contribution in [0.1, 0.15) is 5.56 Å². The van der Waals surface area contributed by atoms with Crippen LogP contribution in [0.25, 0.3) is 10.8 Å². The monoisotopic (exact) mass is 281 g/mol. The number of hydrogen-bond donors (Lipinski definition) is 2. The number of rotatable bonds is 3. The van der Waals surface area contributed by atoms with Gasteiger partial charge in [-0.05, 0) is 23.6 Å². The maximum absolute atomic E-state index is 5.69. The molecule has 0 saturated heterocycles. The van der Waals surface area contributed by atoms with E-state index in [-0.39, 0.29) is 4.99 Å². The van der Waals surface area contributed by atoms with Crippen LogP contribution >= 0.6 is 12.2 Å². The molecule has 1 aromatic carbocycles. The summed E-state index contributed by atoms with van der Waals surface area (Å²) in [6, 6.07) is 9.61. The largest absolute Gasteiger partial charge is 0.389 e. The van der Waals surface area contributed by atoms with E-state index in [1.54, 1.807) is 24.7 Å². The van der Waals surface area contributed by atoms with Crippen LogP contribution in [0.3, 0.4) is 0 Å². The first-order chi connectivity index (χ1) is 9.75. The molecule has 6 heteroatoms. The first kappa shape index (κ1) is 12.4. The summed E-state index contributed by atoms with van der Waals surface area (Å²) >= 11 is 5.02. The van der Waals surface area contributed by atoms with E-state index in [0.29, 0.717) is 11.4 Å². The van der Waals surface area contributed by atoms with Crippen LogP contribution in [-0.4, -0.2) is 20.2 Å². The molecule has 0 unspecified atom stereocenters. The number of nitrogens with zero attached hydrogens (tertiary/aromatic N) is 3. The van der Waals surface area contributed by atoms with Gasteiger partial charge in [0.15, 0.2) is 5.82 Å². The Kier molecular flexibility index (Phi) is 3.22. The van der Waals surface area contributed by atoms with E-state index in [0.717, 1.165) is 16.5 Å². The lowest BCUT2D eigenvalue weighted by atomic mass is 10.1. The third kappa shape index (κ3) is 2.28. The SMILES string of the molecule is NC(=S)c1ccnnc1Nc1cccc2ccncc12. The zero-order valence-corrected chi connectivity index (χ0v) is 11.3. The van der Waals surface area contributed by atoms with E-state index < -0.39 is 0 Å². The van der Waals surface area contributed by atoms with Crippen molar-refractivity contribution in [2.45, 2.75) is 0 Å². The van der Waals surface area contributed by atoms with Crippen molar-refractivity contribution >= 4 is 39.5 Å². The molecule has 5 nitrogen and oxygen atoms in total. The Bertz CT molecular complexity index is 782. The van der Waals surface area contributed by atoms with Crippen LogP contribution < -0.4 is 11.1 Å². The van der Waals surface area contributed by atoms with Crippen molar-refractivity contribution in [3.05, 3.63) is 54.5 Å². The molecule has 0 atom stereocenters. The van der Waals surface area contributed by atoms with Crippen LogP contribution in [0.4, 0.5) is 11.5 Å². The van der Waals surface area contributed by atoms with Crippen molar-refractivity contribution in [1.82, 2.24) is 15.2 Å². The molecule has 0 aliphatic rings. The molecule has 0 aliphatic carbocycles. The Hall–Kier alpha value is -2.60. The third-order valence-corrected chi connectivity index (χ3v) is 3.14. The Morgan fingerprint density at radius 2 is 2.05 bits per heavy atom. The van der Waals surface area contributed by atoms with Gasteiger partial charge in [-0.2, -0.15) is 5.10 Å². The molecule has 2 heterocycles. The van der Waals surface area contributed by atoms with Gasteiger partial charge in [0, 0.05) is 23.5 Å². The quantitative estimate of drug-likeness (QED) is 0.718. The van der Waals surface area contributed by atoms with E-state index >= 15 is 0 Å². The molecule has 0 spiro atoms. The van der Waals surface area contributed by atoms with Gasteiger partial charge in [-0.1, -0.05) is 24.4 Å². The Morgan fingerprint density at radius 1 is 1.15 bits per heavy atom. The van der Waals surface area contributed by atoms with Gasteiger partial charge in [0.2, 0.25) is 0 Å². The van der Waals surface area contributed by atoms with Gasteiger partial charge in [-0.15, -0.1) is 5.10 Å². The lowest BCUT2D eigenvalue weighted by Crippen LogP contribution is -2.13. The smallest absolute Gasteiger partial charge is 0.163 e. The number of nitrogens with one attached hydrogen (secondary N) is 1. The second-order valence-corrected chi connectivity index (χ2v) is 4.62. The second kappa shape index (κ2) is 5.18. The summed E-state index contributed by atoms with van der Waals surface area (Å²) in [7, 11) is 0. The summed E-state index contributed by atoms with van der Waals surface area (Å²) in [5.74, 6) is 0.538. The second-order valence-electron chi connectivity index (χ2n) is 4.19. The number of nitrogens with two attached hydrogens (primary N) is 1. The number of fused-ring (bicyclic) bond motifs is 1. The average Bonchev–Trinajstić information content (AvgIpc) is 2.48. The standard InChI is InChI=1S/C14H11N5S/c15-13(20)10-5-7-17-19-14(10)18-12-3-1-2-9-4-6-16-8-11(9)12/h1-8H,(H2,15,20)(H,18,19). The van der Waals surface area contributed by atoms with Crippen LogP contribution in [0.15, 0.2) is 48.9 Å². The molecule has 0 amide bonds. The number of aromatic nitrogens is 3. The van der Waals surface area contributed by atoms with Crippen molar-refractivity contribution in [3.8, 4) is 0 Å². The van der Waals surface area contributed by atoms with E-state index in [1.807, 2.05) is 24.3 Å². The summed E-state index contributed by atoms with van der Waals surface area (Å²) in [4.78, 5) is 4.42. The van der Waals surface area contributed by atoms with Gasteiger partial charge in [-0.3, -0.25) is 4.98 Å². The van der Waals surface area contributed by atoms with Crippen molar-refractivity contribution in [3.63, 3.8) is 0 Å². The zero-order chi connectivity index (χ0) is 13.9. The minimum Gasteiger partial charge on any atom is -0.389 e. The molecule has 0 saturated carbocycles. The van der Waals surface area contributed by atoms with Gasteiger partial charge < -0.3 is 11.1 Å². The summed E-state index contributed by atoms with van der Waals surface area (Å²) in [6.45, 7) is 0. The van der Waals surface area contributed by atoms with E-state index in [9.17, 15) is 0 Å². The lowest BCUT2D eigenvalue weighted by Gasteiger charge is -2.11. The molecule has 2 aromatic heterocycles. The van der Waals surface area contributed by atoms with Gasteiger partial charge in [-0.25, -0.2) is 0 Å². The predicted octanol–water partition coefficient (Wildman–Crippen LogP) is 2.40. The molecule has 20 heavy (non-hydrogen) atoms. The molecule has 3 rings (SSSR count). The number of anilines is 2. The number of benzene rings is 1. The zero-order valence-electron chi connectivity index (χ0n) is 10.4. The summed E-state index contributed by atoms with van der Waals surface area (Å²) in [6.07, 6.45) is 5.12. The molecule has 3 aromatic rings. The number of thiocarbonyl (C=S) groups is 1. The molecule has 0 fully saturated rings. The molecule has 0 aliphatic heterocycles. The van der Waals surface area contributed by atoms with Gasteiger partial charge in [0.25, 0.3) is 0 Å². The predicted molar refractivity (Wildman–Crippen MR) is 82.9 cm³/mol. The Balaban J connectivity index is 2.08. The first-order valence-electron chi connectivity index (χ1n) is 5.97. The Labute approximate surface area is 120 Å². The Morgan fingerprint density at radius 3 is 2.90 bits per heavy atom. The first-order valence-corrected chi connectivity index (χ1v) is 6.38. The summed E-state index contributed by atoms with van der Waals surface area (Å²) in [5, 5.41) is 13.2. The van der Waals surface area contributed by atoms with Crippen LogP contribution in [0.5, 0.6) is 0 Å². The molecule has 98 valence electrons. The highest BCUT2D eigenvalue weighted by Gasteiger charge is 2.08. The third-order valence-electron chi connectivity index (χ3n) is 2.92. The minimum atomic E-state index is 0.278. The van der Waals surface area contributed by atoms with Crippen molar-refractivity contribution < 1.29 is 0 Å². The topological polar surface area (TPSA) is 76.7 Å². The van der Waals surface area contributed by atoms with E-state index in [2.05, 4.69) is 20.5 Å². The summed E-state index contributed by atoms with van der Waals surface area (Å²) < 4.78 is 0. The van der Waals surface area contributed by atoms with E-state index in [1.165, 1.54) is 0 Å². The van der Waals surface area contributed by atoms with E-state index in [4.69, 9.17) is 18.0 Å². The van der Waals surface area contributed by atoms with Crippen LogP contribution in [-0.2, 0) is 0 Å². The summed E-state index contributed by atoms with van der Waals surface area (Å²) in [5.41, 5.74) is 7.24. The van der Waals surface area contributed by atoms with Gasteiger partial charge >= 0.3 is 0 Å². The van der Waals surface area contributed by atoms with Gasteiger partial charge in [0.05, 0.1) is 11.8 Å². The molecule has 0 radical (unpaired) electrons. The van der Waals surface area contributed by atoms with Crippen molar-refractivity contribution in [2.24, 2.45) is 5.73 Å². The maximum Gasteiger partial charge on any atom is 0.163 e. The molecular weight excluding hydrogens is 270 g/mol. The molecule has 3 N–H and O–H groups in total. The highest BCUT2D eigenvalue weighted by Crippen LogP contribution is 2.25. The highest BCUT2D eigenvalue weighted by molar-refractivity contribution is 7.80.